The maximum Gasteiger partial charge on any atom is 0.357 e. The van der Waals surface area contributed by atoms with Gasteiger partial charge in [-0.2, -0.15) is 0 Å². The van der Waals surface area contributed by atoms with Gasteiger partial charge in [0.2, 0.25) is 0 Å². The van der Waals surface area contributed by atoms with E-state index in [0.717, 1.165) is 16.6 Å². The third kappa shape index (κ3) is 3.45. The van der Waals surface area contributed by atoms with Gasteiger partial charge in [-0.15, -0.1) is 11.3 Å². The molecule has 0 aromatic carbocycles. The molecule has 0 atom stereocenters. The molecule has 0 bridgehead atoms. The first kappa shape index (κ1) is 15.0. The fraction of sp³-hybridized carbons (Fsp3) is 0.692. The van der Waals surface area contributed by atoms with E-state index in [0.29, 0.717) is 17.7 Å². The van der Waals surface area contributed by atoms with Gasteiger partial charge in [0, 0.05) is 17.5 Å². The van der Waals surface area contributed by atoms with E-state index in [4.69, 9.17) is 4.74 Å². The molecule has 1 heterocycles. The molecule has 102 valence electrons. The summed E-state index contributed by atoms with van der Waals surface area (Å²) in [6, 6.07) is 0.364. The third-order valence-corrected chi connectivity index (χ3v) is 3.60. The van der Waals surface area contributed by atoms with Gasteiger partial charge in [-0.1, -0.05) is 13.8 Å². The summed E-state index contributed by atoms with van der Waals surface area (Å²) in [7, 11) is 1.38. The van der Waals surface area contributed by atoms with Gasteiger partial charge >= 0.3 is 5.97 Å². The van der Waals surface area contributed by atoms with Crippen molar-refractivity contribution >= 4 is 22.4 Å². The summed E-state index contributed by atoms with van der Waals surface area (Å²) in [6.07, 6.45) is 0. The Morgan fingerprint density at radius 1 is 1.39 bits per heavy atom. The lowest BCUT2D eigenvalue weighted by atomic mass is 10.2. The molecule has 4 nitrogen and oxygen atoms in total. The van der Waals surface area contributed by atoms with Crippen molar-refractivity contribution in [2.45, 2.75) is 40.7 Å². The Balaban J connectivity index is 3.03. The molecule has 0 fully saturated rings. The van der Waals surface area contributed by atoms with E-state index >= 15 is 0 Å². The van der Waals surface area contributed by atoms with Crippen molar-refractivity contribution in [3.63, 3.8) is 0 Å². The smallest absolute Gasteiger partial charge is 0.357 e. The molecule has 0 aliphatic heterocycles. The number of rotatable bonds is 5. The number of carbonyl (C=O) groups is 1. The lowest BCUT2D eigenvalue weighted by Crippen LogP contribution is -2.34. The van der Waals surface area contributed by atoms with Crippen LogP contribution in [0, 0.1) is 12.8 Å². The van der Waals surface area contributed by atoms with Crippen molar-refractivity contribution in [2.75, 3.05) is 18.6 Å². The van der Waals surface area contributed by atoms with Gasteiger partial charge in [0.25, 0.3) is 0 Å². The molecule has 0 unspecified atom stereocenters. The number of ether oxygens (including phenoxy) is 1. The van der Waals surface area contributed by atoms with Gasteiger partial charge in [-0.3, -0.25) is 0 Å². The Kier molecular flexibility index (Phi) is 5.14. The largest absolute Gasteiger partial charge is 0.464 e. The molecule has 0 amide bonds. The second-order valence-electron chi connectivity index (χ2n) is 5.03. The minimum absolute atomic E-state index is 0.358. The number of hydrogen-bond donors (Lipinski definition) is 0. The van der Waals surface area contributed by atoms with Gasteiger partial charge in [0.05, 0.1) is 7.11 Å². The zero-order chi connectivity index (χ0) is 13.9. The summed E-state index contributed by atoms with van der Waals surface area (Å²) in [5, 5.41) is 0.900. The summed E-state index contributed by atoms with van der Waals surface area (Å²) < 4.78 is 4.74. The zero-order valence-corrected chi connectivity index (χ0v) is 12.8. The molecule has 1 aromatic heterocycles. The van der Waals surface area contributed by atoms with Crippen molar-refractivity contribution in [1.29, 1.82) is 0 Å². The number of esters is 1. The molecule has 5 heteroatoms. The second kappa shape index (κ2) is 6.18. The summed E-state index contributed by atoms with van der Waals surface area (Å²) in [5.74, 6) is 0.196. The molecule has 0 aliphatic carbocycles. The highest BCUT2D eigenvalue weighted by Crippen LogP contribution is 2.28. The topological polar surface area (TPSA) is 42.4 Å². The molecule has 0 aliphatic rings. The normalized spacial score (nSPS) is 11.1. The average molecular weight is 270 g/mol. The number of carbonyl (C=O) groups excluding carboxylic acids is 1. The minimum Gasteiger partial charge on any atom is -0.464 e. The second-order valence-corrected chi connectivity index (χ2v) is 6.21. The monoisotopic (exact) mass is 270 g/mol. The Hall–Kier alpha value is -1.10. The highest BCUT2D eigenvalue weighted by Gasteiger charge is 2.21. The molecule has 0 saturated carbocycles. The van der Waals surface area contributed by atoms with Crippen LogP contribution in [-0.2, 0) is 4.74 Å². The van der Waals surface area contributed by atoms with Crippen LogP contribution in [0.5, 0.6) is 0 Å². The molecule has 18 heavy (non-hydrogen) atoms. The maximum atomic E-state index is 11.6. The van der Waals surface area contributed by atoms with E-state index in [-0.39, 0.29) is 5.97 Å². The van der Waals surface area contributed by atoms with Crippen molar-refractivity contribution in [2.24, 2.45) is 5.92 Å². The molecule has 0 saturated heterocycles. The van der Waals surface area contributed by atoms with Crippen LogP contribution >= 0.6 is 11.3 Å². The maximum absolute atomic E-state index is 11.6. The van der Waals surface area contributed by atoms with Crippen LogP contribution in [0.3, 0.4) is 0 Å². The van der Waals surface area contributed by atoms with Crippen LogP contribution < -0.4 is 4.90 Å². The number of aryl methyl sites for hydroxylation is 1. The van der Waals surface area contributed by atoms with E-state index < -0.39 is 0 Å². The SMILES string of the molecule is COC(=O)c1nc(N(CC(C)C)C(C)C)sc1C. The predicted octanol–water partition coefficient (Wildman–Crippen LogP) is 3.11. The van der Waals surface area contributed by atoms with Crippen LogP contribution in [0.15, 0.2) is 0 Å². The van der Waals surface area contributed by atoms with E-state index in [1.165, 1.54) is 7.11 Å². The van der Waals surface area contributed by atoms with Gasteiger partial charge in [-0.05, 0) is 26.7 Å². The van der Waals surface area contributed by atoms with Crippen LogP contribution in [0.1, 0.15) is 43.1 Å². The van der Waals surface area contributed by atoms with E-state index in [9.17, 15) is 4.79 Å². The summed E-state index contributed by atoms with van der Waals surface area (Å²) >= 11 is 1.55. The van der Waals surface area contributed by atoms with Crippen molar-refractivity contribution < 1.29 is 9.53 Å². The standard InChI is InChI=1S/C13H22N2O2S/c1-8(2)7-15(9(3)4)13-14-11(10(5)18-13)12(16)17-6/h8-9H,7H2,1-6H3. The molecular weight excluding hydrogens is 248 g/mol. The van der Waals surface area contributed by atoms with Crippen molar-refractivity contribution in [3.05, 3.63) is 10.6 Å². The van der Waals surface area contributed by atoms with E-state index in [1.807, 2.05) is 6.92 Å². The quantitative estimate of drug-likeness (QED) is 0.771. The lowest BCUT2D eigenvalue weighted by Gasteiger charge is -2.27. The number of hydrogen-bond acceptors (Lipinski definition) is 5. The first-order valence-corrected chi connectivity index (χ1v) is 7.00. The number of nitrogens with zero attached hydrogens (tertiary/aromatic N) is 2. The third-order valence-electron chi connectivity index (χ3n) is 2.59. The van der Waals surface area contributed by atoms with Crippen molar-refractivity contribution in [3.8, 4) is 0 Å². The van der Waals surface area contributed by atoms with Crippen LogP contribution in [0.4, 0.5) is 5.13 Å². The first-order valence-electron chi connectivity index (χ1n) is 6.19. The zero-order valence-electron chi connectivity index (χ0n) is 12.0. The number of anilines is 1. The Labute approximate surface area is 113 Å². The van der Waals surface area contributed by atoms with Gasteiger partial charge in [0.1, 0.15) is 0 Å². The summed E-state index contributed by atoms with van der Waals surface area (Å²) in [6.45, 7) is 11.5. The molecular formula is C13H22N2O2S. The Morgan fingerprint density at radius 3 is 2.44 bits per heavy atom. The van der Waals surface area contributed by atoms with Gasteiger partial charge in [0.15, 0.2) is 10.8 Å². The molecule has 0 radical (unpaired) electrons. The van der Waals surface area contributed by atoms with Gasteiger partial charge in [-0.25, -0.2) is 9.78 Å². The predicted molar refractivity (Wildman–Crippen MR) is 75.5 cm³/mol. The van der Waals surface area contributed by atoms with Crippen LogP contribution in [0.25, 0.3) is 0 Å². The van der Waals surface area contributed by atoms with Crippen molar-refractivity contribution in [1.82, 2.24) is 4.98 Å². The minimum atomic E-state index is -0.358. The molecule has 0 N–H and O–H groups in total. The lowest BCUT2D eigenvalue weighted by molar-refractivity contribution is 0.0594. The summed E-state index contributed by atoms with van der Waals surface area (Å²) in [5.41, 5.74) is 0.437. The van der Waals surface area contributed by atoms with Crippen LogP contribution in [-0.4, -0.2) is 30.6 Å². The van der Waals surface area contributed by atoms with Gasteiger partial charge < -0.3 is 9.64 Å². The molecule has 1 aromatic rings. The Morgan fingerprint density at radius 2 is 2.00 bits per heavy atom. The number of thiazole rings is 1. The number of methoxy groups -OCH3 is 1. The average Bonchev–Trinajstić information content (AvgIpc) is 2.66. The van der Waals surface area contributed by atoms with Crippen LogP contribution in [0.2, 0.25) is 0 Å². The van der Waals surface area contributed by atoms with E-state index in [1.54, 1.807) is 11.3 Å². The fourth-order valence-corrected chi connectivity index (χ4v) is 2.73. The first-order chi connectivity index (χ1) is 8.36. The molecule has 0 spiro atoms. The molecule has 1 rings (SSSR count). The summed E-state index contributed by atoms with van der Waals surface area (Å²) in [4.78, 5) is 19.1. The van der Waals surface area contributed by atoms with E-state index in [2.05, 4.69) is 37.6 Å². The highest BCUT2D eigenvalue weighted by atomic mass is 32.1. The fourth-order valence-electron chi connectivity index (χ4n) is 1.69. The Bertz CT molecular complexity index is 413. The highest BCUT2D eigenvalue weighted by molar-refractivity contribution is 7.15. The number of aromatic nitrogens is 1.